The topological polar surface area (TPSA) is 42.4 Å². The summed E-state index contributed by atoms with van der Waals surface area (Å²) in [5.41, 5.74) is 2.45. The number of carbonyl (C=O) groups excluding carboxylic acids is 1. The van der Waals surface area contributed by atoms with Gasteiger partial charge in [-0.2, -0.15) is 0 Å². The number of amides is 1. The van der Waals surface area contributed by atoms with Crippen LogP contribution in [0, 0.1) is 17.2 Å². The van der Waals surface area contributed by atoms with E-state index in [0.29, 0.717) is 44.0 Å². The number of hydrogen-bond donors (Lipinski definition) is 0. The van der Waals surface area contributed by atoms with Gasteiger partial charge in [-0.3, -0.25) is 9.78 Å². The molecule has 2 aromatic carbocycles. The summed E-state index contributed by atoms with van der Waals surface area (Å²) in [4.78, 5) is 20.5. The third-order valence-electron chi connectivity index (χ3n) is 7.77. The molecule has 0 N–H and O–H groups in total. The van der Waals surface area contributed by atoms with E-state index in [4.69, 9.17) is 4.74 Å². The molecule has 0 aliphatic carbocycles. The third kappa shape index (κ3) is 4.85. The van der Waals surface area contributed by atoms with Gasteiger partial charge >= 0.3 is 0 Å². The molecule has 2 aliphatic heterocycles. The molecule has 0 saturated carbocycles. The standard InChI is InChI=1S/C29H33FN2O2/c30-26-10-2-1-7-24(26)21-29(13-18-34-19-14-29)28(33)32-16-5-6-22(12-17-32)20-23-8-3-11-27-25(23)9-4-15-31-27/h1-4,7-11,15,22H,5-6,12-14,16-21H2/t22-/m0/s1. The van der Waals surface area contributed by atoms with E-state index in [2.05, 4.69) is 34.1 Å². The smallest absolute Gasteiger partial charge is 0.229 e. The van der Waals surface area contributed by atoms with Crippen LogP contribution in [-0.2, 0) is 22.4 Å². The maximum atomic E-state index is 14.5. The highest BCUT2D eigenvalue weighted by Gasteiger charge is 2.43. The lowest BCUT2D eigenvalue weighted by Gasteiger charge is -2.40. The fourth-order valence-electron chi connectivity index (χ4n) is 5.80. The lowest BCUT2D eigenvalue weighted by Crippen LogP contribution is -2.48. The van der Waals surface area contributed by atoms with E-state index in [-0.39, 0.29) is 11.7 Å². The molecular formula is C29H33FN2O2. The number of ether oxygens (including phenoxy) is 1. The van der Waals surface area contributed by atoms with Crippen LogP contribution in [0.2, 0.25) is 0 Å². The first-order valence-corrected chi connectivity index (χ1v) is 12.6. The summed E-state index contributed by atoms with van der Waals surface area (Å²) in [5.74, 6) is 0.511. The molecule has 2 fully saturated rings. The Morgan fingerprint density at radius 3 is 2.68 bits per heavy atom. The molecule has 178 valence electrons. The molecule has 3 aromatic rings. The van der Waals surface area contributed by atoms with Crippen molar-refractivity contribution in [2.45, 2.75) is 44.9 Å². The number of likely N-dealkylation sites (tertiary alicyclic amines) is 1. The van der Waals surface area contributed by atoms with Gasteiger partial charge in [0.2, 0.25) is 5.91 Å². The van der Waals surface area contributed by atoms with Crippen molar-refractivity contribution in [3.05, 3.63) is 77.7 Å². The SMILES string of the molecule is O=C(N1CCC[C@H](Cc2cccc3ncccc23)CC1)C1(Cc2ccccc2F)CCOCC1. The minimum atomic E-state index is -0.568. The predicted molar refractivity (Wildman–Crippen MR) is 132 cm³/mol. The molecule has 0 spiro atoms. The quantitative estimate of drug-likeness (QED) is 0.499. The van der Waals surface area contributed by atoms with Crippen LogP contribution in [0.15, 0.2) is 60.8 Å². The van der Waals surface area contributed by atoms with Gasteiger partial charge < -0.3 is 9.64 Å². The molecule has 0 radical (unpaired) electrons. The van der Waals surface area contributed by atoms with Gasteiger partial charge in [0, 0.05) is 37.9 Å². The molecule has 2 aliphatic rings. The molecule has 2 saturated heterocycles. The van der Waals surface area contributed by atoms with Crippen LogP contribution in [0.5, 0.6) is 0 Å². The largest absolute Gasteiger partial charge is 0.381 e. The molecule has 1 amide bonds. The van der Waals surface area contributed by atoms with E-state index >= 15 is 0 Å². The second-order valence-electron chi connectivity index (χ2n) is 9.94. The fraction of sp³-hybridized carbons (Fsp3) is 0.448. The van der Waals surface area contributed by atoms with Crippen LogP contribution < -0.4 is 0 Å². The summed E-state index contributed by atoms with van der Waals surface area (Å²) in [6.45, 7) is 2.68. The maximum absolute atomic E-state index is 14.5. The average Bonchev–Trinajstić information content (AvgIpc) is 3.11. The van der Waals surface area contributed by atoms with Crippen molar-refractivity contribution >= 4 is 16.8 Å². The lowest BCUT2D eigenvalue weighted by molar-refractivity contribution is -0.148. The van der Waals surface area contributed by atoms with E-state index in [1.54, 1.807) is 6.07 Å². The highest BCUT2D eigenvalue weighted by Crippen LogP contribution is 2.38. The van der Waals surface area contributed by atoms with Gasteiger partial charge in [0.1, 0.15) is 5.82 Å². The summed E-state index contributed by atoms with van der Waals surface area (Å²) in [6, 6.07) is 17.4. The molecule has 1 aromatic heterocycles. The predicted octanol–water partition coefficient (Wildman–Crippen LogP) is 5.58. The summed E-state index contributed by atoms with van der Waals surface area (Å²) in [7, 11) is 0. The molecule has 3 heterocycles. The molecule has 1 atom stereocenters. The molecule has 4 nitrogen and oxygen atoms in total. The summed E-state index contributed by atoms with van der Waals surface area (Å²) in [6.07, 6.45) is 7.73. The Morgan fingerprint density at radius 2 is 1.82 bits per heavy atom. The Labute approximate surface area is 201 Å². The first kappa shape index (κ1) is 23.0. The number of benzene rings is 2. The number of hydrogen-bond acceptors (Lipinski definition) is 3. The van der Waals surface area contributed by atoms with Gasteiger partial charge in [-0.1, -0.05) is 36.4 Å². The van der Waals surface area contributed by atoms with Gasteiger partial charge in [0.25, 0.3) is 0 Å². The second kappa shape index (κ2) is 10.2. The minimum Gasteiger partial charge on any atom is -0.381 e. The Balaban J connectivity index is 1.30. The van der Waals surface area contributed by atoms with Crippen LogP contribution in [0.4, 0.5) is 4.39 Å². The van der Waals surface area contributed by atoms with Crippen molar-refractivity contribution in [1.29, 1.82) is 0 Å². The zero-order chi connectivity index (χ0) is 23.4. The number of pyridine rings is 1. The van der Waals surface area contributed by atoms with Crippen LogP contribution in [-0.4, -0.2) is 42.1 Å². The van der Waals surface area contributed by atoms with E-state index in [0.717, 1.165) is 44.3 Å². The zero-order valence-corrected chi connectivity index (χ0v) is 19.7. The van der Waals surface area contributed by atoms with Crippen molar-refractivity contribution in [3.8, 4) is 0 Å². The number of nitrogens with zero attached hydrogens (tertiary/aromatic N) is 2. The van der Waals surface area contributed by atoms with E-state index in [1.807, 2.05) is 24.4 Å². The van der Waals surface area contributed by atoms with Crippen molar-refractivity contribution in [2.75, 3.05) is 26.3 Å². The second-order valence-corrected chi connectivity index (χ2v) is 9.94. The van der Waals surface area contributed by atoms with Gasteiger partial charge in [-0.25, -0.2) is 4.39 Å². The molecule has 5 heteroatoms. The Kier molecular flexibility index (Phi) is 6.91. The normalized spacial score (nSPS) is 20.7. The summed E-state index contributed by atoms with van der Waals surface area (Å²) in [5, 5.41) is 1.23. The lowest BCUT2D eigenvalue weighted by atomic mass is 9.74. The van der Waals surface area contributed by atoms with E-state index in [9.17, 15) is 9.18 Å². The average molecular weight is 461 g/mol. The zero-order valence-electron chi connectivity index (χ0n) is 19.7. The van der Waals surface area contributed by atoms with Crippen LogP contribution in [0.25, 0.3) is 10.9 Å². The van der Waals surface area contributed by atoms with Crippen molar-refractivity contribution in [1.82, 2.24) is 9.88 Å². The molecule has 5 rings (SSSR count). The van der Waals surface area contributed by atoms with Gasteiger partial charge in [-0.15, -0.1) is 0 Å². The monoisotopic (exact) mass is 460 g/mol. The molecule has 34 heavy (non-hydrogen) atoms. The molecule has 0 bridgehead atoms. The number of aromatic nitrogens is 1. The van der Waals surface area contributed by atoms with Crippen LogP contribution in [0.3, 0.4) is 0 Å². The van der Waals surface area contributed by atoms with Crippen molar-refractivity contribution in [2.24, 2.45) is 11.3 Å². The van der Waals surface area contributed by atoms with Gasteiger partial charge in [0.05, 0.1) is 10.9 Å². The van der Waals surface area contributed by atoms with Crippen LogP contribution >= 0.6 is 0 Å². The third-order valence-corrected chi connectivity index (χ3v) is 7.77. The van der Waals surface area contributed by atoms with Crippen LogP contribution in [0.1, 0.15) is 43.2 Å². The van der Waals surface area contributed by atoms with E-state index in [1.165, 1.54) is 17.0 Å². The minimum absolute atomic E-state index is 0.189. The number of halogens is 1. The Hall–Kier alpha value is -2.79. The molecular weight excluding hydrogens is 427 g/mol. The number of fused-ring (bicyclic) bond motifs is 1. The van der Waals surface area contributed by atoms with Gasteiger partial charge in [-0.05, 0) is 80.2 Å². The highest BCUT2D eigenvalue weighted by atomic mass is 19.1. The number of carbonyl (C=O) groups is 1. The number of rotatable bonds is 5. The first-order chi connectivity index (χ1) is 16.6. The van der Waals surface area contributed by atoms with Gasteiger partial charge in [0.15, 0.2) is 0 Å². The Bertz CT molecular complexity index is 1140. The first-order valence-electron chi connectivity index (χ1n) is 12.6. The summed E-state index contributed by atoms with van der Waals surface area (Å²) < 4.78 is 20.1. The maximum Gasteiger partial charge on any atom is 0.229 e. The highest BCUT2D eigenvalue weighted by molar-refractivity contribution is 5.83. The van der Waals surface area contributed by atoms with Crippen molar-refractivity contribution < 1.29 is 13.9 Å². The fourth-order valence-corrected chi connectivity index (χ4v) is 5.80. The van der Waals surface area contributed by atoms with E-state index < -0.39 is 5.41 Å². The molecule has 0 unspecified atom stereocenters. The van der Waals surface area contributed by atoms with Crippen molar-refractivity contribution in [3.63, 3.8) is 0 Å². The summed E-state index contributed by atoms with van der Waals surface area (Å²) >= 11 is 0. The Morgan fingerprint density at radius 1 is 1.00 bits per heavy atom.